The van der Waals surface area contributed by atoms with Gasteiger partial charge in [0.1, 0.15) is 23.3 Å². The van der Waals surface area contributed by atoms with E-state index in [0.29, 0.717) is 49.4 Å². The SMILES string of the molecule is COc1ccc(C(=O)N2C(C(=O)NCc3ccco3)COC23CCN(C(=O)Cc2cccs2)CC3)cc1. The summed E-state index contributed by atoms with van der Waals surface area (Å²) in [5.74, 6) is 0.695. The highest BCUT2D eigenvalue weighted by molar-refractivity contribution is 7.10. The van der Waals surface area contributed by atoms with Crippen LogP contribution in [0.25, 0.3) is 0 Å². The summed E-state index contributed by atoms with van der Waals surface area (Å²) >= 11 is 1.56. The highest BCUT2D eigenvalue weighted by atomic mass is 32.1. The molecule has 1 unspecified atom stereocenters. The highest BCUT2D eigenvalue weighted by Crippen LogP contribution is 2.39. The van der Waals surface area contributed by atoms with Crippen molar-refractivity contribution in [1.82, 2.24) is 15.1 Å². The number of hydrogen-bond donors (Lipinski definition) is 1. The summed E-state index contributed by atoms with van der Waals surface area (Å²) in [5, 5.41) is 4.82. The largest absolute Gasteiger partial charge is 0.497 e. The molecule has 4 heterocycles. The maximum absolute atomic E-state index is 13.8. The van der Waals surface area contributed by atoms with Crippen molar-refractivity contribution in [3.8, 4) is 5.75 Å². The molecule has 1 aromatic carbocycles. The molecule has 194 valence electrons. The van der Waals surface area contributed by atoms with Crippen molar-refractivity contribution in [2.24, 2.45) is 0 Å². The molecule has 0 aliphatic carbocycles. The standard InChI is InChI=1S/C27H29N3O6S/c1-34-20-8-6-19(7-9-20)26(33)30-23(25(32)28-17-21-4-2-14-35-21)18-36-27(30)10-12-29(13-11-27)24(31)16-22-5-3-15-37-22/h2-9,14-15,23H,10-13,16-18H2,1H3,(H,28,32). The third-order valence-electron chi connectivity index (χ3n) is 6.94. The van der Waals surface area contributed by atoms with Gasteiger partial charge in [-0.15, -0.1) is 11.3 Å². The fraction of sp³-hybridized carbons (Fsp3) is 0.370. The van der Waals surface area contributed by atoms with Crippen molar-refractivity contribution in [3.05, 3.63) is 76.4 Å². The monoisotopic (exact) mass is 523 g/mol. The molecule has 3 aromatic rings. The van der Waals surface area contributed by atoms with Gasteiger partial charge in [0, 0.05) is 36.4 Å². The molecule has 0 radical (unpaired) electrons. The minimum Gasteiger partial charge on any atom is -0.497 e. The lowest BCUT2D eigenvalue weighted by atomic mass is 9.96. The predicted octanol–water partition coefficient (Wildman–Crippen LogP) is 3.07. The first-order chi connectivity index (χ1) is 18.0. The van der Waals surface area contributed by atoms with Crippen LogP contribution < -0.4 is 10.1 Å². The van der Waals surface area contributed by atoms with Crippen molar-refractivity contribution in [2.45, 2.75) is 37.6 Å². The third kappa shape index (κ3) is 5.26. The summed E-state index contributed by atoms with van der Waals surface area (Å²) in [5.41, 5.74) is -0.533. The van der Waals surface area contributed by atoms with E-state index in [1.807, 2.05) is 22.4 Å². The lowest BCUT2D eigenvalue weighted by Gasteiger charge is -2.44. The first-order valence-corrected chi connectivity index (χ1v) is 13.1. The van der Waals surface area contributed by atoms with Gasteiger partial charge < -0.3 is 24.1 Å². The fourth-order valence-corrected chi connectivity index (χ4v) is 5.62. The number of hydrogen-bond acceptors (Lipinski definition) is 7. The summed E-state index contributed by atoms with van der Waals surface area (Å²) in [6, 6.07) is 13.4. The molecule has 1 atom stereocenters. The average molecular weight is 524 g/mol. The molecule has 2 fully saturated rings. The Kier molecular flexibility index (Phi) is 7.29. The minimum atomic E-state index is -0.969. The second-order valence-electron chi connectivity index (χ2n) is 9.11. The van der Waals surface area contributed by atoms with Crippen molar-refractivity contribution in [1.29, 1.82) is 0 Å². The van der Waals surface area contributed by atoms with Gasteiger partial charge in [-0.3, -0.25) is 19.3 Å². The van der Waals surface area contributed by atoms with Gasteiger partial charge in [0.2, 0.25) is 11.8 Å². The van der Waals surface area contributed by atoms with Crippen LogP contribution in [0.15, 0.2) is 64.6 Å². The molecular formula is C27H29N3O6S. The molecule has 5 rings (SSSR count). The van der Waals surface area contributed by atoms with E-state index >= 15 is 0 Å². The number of furan rings is 1. The average Bonchev–Trinajstić information content (AvgIpc) is 3.70. The number of benzene rings is 1. The van der Waals surface area contributed by atoms with Gasteiger partial charge in [0.15, 0.2) is 0 Å². The molecule has 1 N–H and O–H groups in total. The Morgan fingerprint density at radius 3 is 2.54 bits per heavy atom. The first-order valence-electron chi connectivity index (χ1n) is 12.2. The van der Waals surface area contributed by atoms with E-state index in [0.717, 1.165) is 4.88 Å². The Bertz CT molecular complexity index is 1220. The van der Waals surface area contributed by atoms with Crippen LogP contribution in [0.3, 0.4) is 0 Å². The lowest BCUT2D eigenvalue weighted by molar-refractivity contribution is -0.143. The Morgan fingerprint density at radius 1 is 1.11 bits per heavy atom. The summed E-state index contributed by atoms with van der Waals surface area (Å²) in [6.07, 6.45) is 2.75. The van der Waals surface area contributed by atoms with Crippen LogP contribution in [-0.2, 0) is 27.3 Å². The van der Waals surface area contributed by atoms with Crippen molar-refractivity contribution in [2.75, 3.05) is 26.8 Å². The highest BCUT2D eigenvalue weighted by Gasteiger charge is 2.54. The number of nitrogens with one attached hydrogen (secondary N) is 1. The zero-order chi connectivity index (χ0) is 25.8. The van der Waals surface area contributed by atoms with E-state index < -0.39 is 11.8 Å². The number of carbonyl (C=O) groups is 3. The van der Waals surface area contributed by atoms with E-state index in [4.69, 9.17) is 13.9 Å². The summed E-state index contributed by atoms with van der Waals surface area (Å²) in [6.45, 7) is 1.18. The van der Waals surface area contributed by atoms with Gasteiger partial charge in [-0.1, -0.05) is 6.07 Å². The topological polar surface area (TPSA) is 101 Å². The molecule has 9 nitrogen and oxygen atoms in total. The van der Waals surface area contributed by atoms with E-state index in [2.05, 4.69) is 5.32 Å². The lowest BCUT2D eigenvalue weighted by Crippen LogP contribution is -2.59. The number of thiophene rings is 1. The van der Waals surface area contributed by atoms with E-state index in [1.165, 1.54) is 0 Å². The van der Waals surface area contributed by atoms with Crippen LogP contribution in [0.1, 0.15) is 33.8 Å². The molecular weight excluding hydrogens is 494 g/mol. The molecule has 0 bridgehead atoms. The summed E-state index contributed by atoms with van der Waals surface area (Å²) in [7, 11) is 1.56. The number of nitrogens with zero attached hydrogens (tertiary/aromatic N) is 2. The normalized spacial score (nSPS) is 18.7. The van der Waals surface area contributed by atoms with Crippen LogP contribution in [0.4, 0.5) is 0 Å². The number of rotatable bonds is 7. The van der Waals surface area contributed by atoms with E-state index in [-0.39, 0.29) is 30.9 Å². The van der Waals surface area contributed by atoms with Gasteiger partial charge in [-0.25, -0.2) is 0 Å². The van der Waals surface area contributed by atoms with Crippen LogP contribution >= 0.6 is 11.3 Å². The second kappa shape index (κ2) is 10.8. The van der Waals surface area contributed by atoms with Gasteiger partial charge in [-0.2, -0.15) is 0 Å². The number of piperidine rings is 1. The minimum absolute atomic E-state index is 0.0519. The fourth-order valence-electron chi connectivity index (χ4n) is 4.92. The number of carbonyl (C=O) groups excluding carboxylic acids is 3. The van der Waals surface area contributed by atoms with E-state index in [1.54, 1.807) is 66.0 Å². The third-order valence-corrected chi connectivity index (χ3v) is 7.82. The predicted molar refractivity (Wildman–Crippen MR) is 136 cm³/mol. The van der Waals surface area contributed by atoms with Gasteiger partial charge >= 0.3 is 0 Å². The van der Waals surface area contributed by atoms with Crippen molar-refractivity contribution >= 4 is 29.1 Å². The molecule has 2 aromatic heterocycles. The zero-order valence-electron chi connectivity index (χ0n) is 20.6. The zero-order valence-corrected chi connectivity index (χ0v) is 21.4. The molecule has 10 heteroatoms. The molecule has 37 heavy (non-hydrogen) atoms. The van der Waals surface area contributed by atoms with Gasteiger partial charge in [0.05, 0.1) is 32.9 Å². The maximum Gasteiger partial charge on any atom is 0.256 e. The molecule has 2 aliphatic rings. The summed E-state index contributed by atoms with van der Waals surface area (Å²) < 4.78 is 16.8. The van der Waals surface area contributed by atoms with Crippen molar-refractivity contribution in [3.63, 3.8) is 0 Å². The second-order valence-corrected chi connectivity index (χ2v) is 10.1. The Hall–Kier alpha value is -3.63. The molecule has 3 amide bonds. The van der Waals surface area contributed by atoms with Gasteiger partial charge in [0.25, 0.3) is 5.91 Å². The van der Waals surface area contributed by atoms with Crippen LogP contribution in [0, 0.1) is 0 Å². The maximum atomic E-state index is 13.8. The molecule has 2 saturated heterocycles. The van der Waals surface area contributed by atoms with Gasteiger partial charge in [-0.05, 0) is 47.8 Å². The first kappa shape index (κ1) is 25.0. The smallest absolute Gasteiger partial charge is 0.256 e. The quantitative estimate of drug-likeness (QED) is 0.511. The molecule has 1 spiro atoms. The number of likely N-dealkylation sites (tertiary alicyclic amines) is 1. The Labute approximate surface area is 218 Å². The number of methoxy groups -OCH3 is 1. The molecule has 2 aliphatic heterocycles. The number of amides is 3. The van der Waals surface area contributed by atoms with Crippen LogP contribution in [0.2, 0.25) is 0 Å². The number of ether oxygens (including phenoxy) is 2. The van der Waals surface area contributed by atoms with Crippen molar-refractivity contribution < 1.29 is 28.3 Å². The van der Waals surface area contributed by atoms with Crippen LogP contribution in [-0.4, -0.2) is 66.1 Å². The Morgan fingerprint density at radius 2 is 1.89 bits per heavy atom. The Balaban J connectivity index is 1.34. The summed E-state index contributed by atoms with van der Waals surface area (Å²) in [4.78, 5) is 44.3. The van der Waals surface area contributed by atoms with E-state index in [9.17, 15) is 14.4 Å². The molecule has 0 saturated carbocycles. The van der Waals surface area contributed by atoms with Crippen LogP contribution in [0.5, 0.6) is 5.75 Å².